The average Bonchev–Trinajstić information content (AvgIpc) is 2.93. The Kier molecular flexibility index (Phi) is 7.58. The first-order chi connectivity index (χ1) is 19.4. The first-order valence-electron chi connectivity index (χ1n) is 13.1. The van der Waals surface area contributed by atoms with Crippen LogP contribution in [0.15, 0.2) is 42.6 Å². The topological polar surface area (TPSA) is 111 Å². The number of likely N-dealkylation sites (N-methyl/N-ethyl adjacent to an activating group) is 1. The monoisotopic (exact) mass is 568 g/mol. The summed E-state index contributed by atoms with van der Waals surface area (Å²) in [6.45, 7) is 5.08. The number of nitrogen functional groups attached to an aromatic ring is 1. The van der Waals surface area contributed by atoms with Crippen LogP contribution >= 0.6 is 0 Å². The Morgan fingerprint density at radius 2 is 1.80 bits per heavy atom. The lowest BCUT2D eigenvalue weighted by Crippen LogP contribution is -2.46. The number of hydrogen-bond acceptors (Lipinski definition) is 7. The number of aryl methyl sites for hydroxylation is 1. The fourth-order valence-corrected chi connectivity index (χ4v) is 5.06. The van der Waals surface area contributed by atoms with Crippen LogP contribution in [0.2, 0.25) is 0 Å². The number of amides is 3. The Hall–Kier alpha value is -4.23. The van der Waals surface area contributed by atoms with E-state index in [0.29, 0.717) is 35.8 Å². The molecule has 2 aromatic carbocycles. The number of nitrogens with zero attached hydrogens (tertiary/aromatic N) is 6. The molecule has 41 heavy (non-hydrogen) atoms. The van der Waals surface area contributed by atoms with Crippen LogP contribution in [-0.2, 0) is 19.3 Å². The van der Waals surface area contributed by atoms with Gasteiger partial charge in [-0.25, -0.2) is 9.78 Å². The fraction of sp³-hybridized carbons (Fsp3) is 0.357. The van der Waals surface area contributed by atoms with E-state index in [1.54, 1.807) is 31.4 Å². The first-order valence-corrected chi connectivity index (χ1v) is 13.1. The minimum absolute atomic E-state index is 0.0544. The molecule has 2 aliphatic rings. The van der Waals surface area contributed by atoms with Crippen LogP contribution in [0.4, 0.5) is 41.1 Å². The number of piperazine rings is 1. The van der Waals surface area contributed by atoms with Crippen molar-refractivity contribution in [3.8, 4) is 0 Å². The van der Waals surface area contributed by atoms with E-state index in [9.17, 15) is 22.8 Å². The average molecular weight is 569 g/mol. The molecule has 13 heteroatoms. The molecule has 216 valence electrons. The Labute approximate surface area is 235 Å². The lowest BCUT2D eigenvalue weighted by Gasteiger charge is -2.34. The van der Waals surface area contributed by atoms with Crippen LogP contribution in [0.3, 0.4) is 0 Å². The molecule has 0 saturated carbocycles. The zero-order valence-corrected chi connectivity index (χ0v) is 23.0. The van der Waals surface area contributed by atoms with Crippen molar-refractivity contribution in [2.24, 2.45) is 0 Å². The molecule has 1 fully saturated rings. The zero-order chi connectivity index (χ0) is 29.5. The molecule has 3 heterocycles. The summed E-state index contributed by atoms with van der Waals surface area (Å²) in [5, 5.41) is 2.69. The van der Waals surface area contributed by atoms with Crippen LogP contribution in [0, 0.1) is 6.92 Å². The van der Waals surface area contributed by atoms with Gasteiger partial charge in [0.15, 0.2) is 0 Å². The zero-order valence-electron chi connectivity index (χ0n) is 23.0. The quantitative estimate of drug-likeness (QED) is 0.479. The van der Waals surface area contributed by atoms with Gasteiger partial charge in [-0.2, -0.15) is 18.2 Å². The minimum atomic E-state index is -4.61. The number of benzene rings is 2. The number of aromatic nitrogens is 2. The molecule has 3 amide bonds. The van der Waals surface area contributed by atoms with E-state index in [1.807, 2.05) is 18.9 Å². The molecule has 0 atom stereocenters. The van der Waals surface area contributed by atoms with Crippen molar-refractivity contribution < 1.29 is 22.8 Å². The van der Waals surface area contributed by atoms with Gasteiger partial charge < -0.3 is 16.0 Å². The molecular formula is C28H31F3N8O2. The van der Waals surface area contributed by atoms with Crippen molar-refractivity contribution >= 4 is 35.1 Å². The second-order valence-corrected chi connectivity index (χ2v) is 10.4. The molecule has 1 aromatic heterocycles. The highest BCUT2D eigenvalue weighted by atomic mass is 19.4. The van der Waals surface area contributed by atoms with Gasteiger partial charge >= 0.3 is 12.2 Å². The number of carbonyl (C=O) groups excluding carboxylic acids is 2. The van der Waals surface area contributed by atoms with Crippen molar-refractivity contribution in [3.63, 3.8) is 0 Å². The highest BCUT2D eigenvalue weighted by Gasteiger charge is 2.35. The normalized spacial score (nSPS) is 16.6. The van der Waals surface area contributed by atoms with Gasteiger partial charge in [-0.1, -0.05) is 12.1 Å². The molecule has 5 rings (SSSR count). The van der Waals surface area contributed by atoms with Crippen molar-refractivity contribution in [1.82, 2.24) is 19.8 Å². The summed E-state index contributed by atoms with van der Waals surface area (Å²) in [6, 6.07) is 8.33. The highest BCUT2D eigenvalue weighted by molar-refractivity contribution is 6.07. The maximum absolute atomic E-state index is 14.0. The number of anilines is 4. The summed E-state index contributed by atoms with van der Waals surface area (Å²) >= 11 is 0. The van der Waals surface area contributed by atoms with Gasteiger partial charge in [-0.3, -0.25) is 19.5 Å². The van der Waals surface area contributed by atoms with E-state index in [1.165, 1.54) is 21.9 Å². The summed E-state index contributed by atoms with van der Waals surface area (Å²) in [4.78, 5) is 41.5. The van der Waals surface area contributed by atoms with Gasteiger partial charge in [-0.15, -0.1) is 0 Å². The molecule has 0 spiro atoms. The van der Waals surface area contributed by atoms with Crippen molar-refractivity contribution in [1.29, 1.82) is 0 Å². The smallest absolute Gasteiger partial charge is 0.368 e. The number of hydrogen-bond donors (Lipinski definition) is 2. The molecule has 0 radical (unpaired) electrons. The third-order valence-corrected chi connectivity index (χ3v) is 7.45. The molecule has 0 bridgehead atoms. The Bertz CT molecular complexity index is 1490. The summed E-state index contributed by atoms with van der Waals surface area (Å²) in [5.41, 5.74) is 7.19. The van der Waals surface area contributed by atoms with Gasteiger partial charge in [0.05, 0.1) is 17.8 Å². The van der Waals surface area contributed by atoms with Crippen LogP contribution in [0.5, 0.6) is 0 Å². The number of alkyl halides is 3. The second-order valence-electron chi connectivity index (χ2n) is 10.4. The predicted octanol–water partition coefficient (Wildman–Crippen LogP) is 3.96. The van der Waals surface area contributed by atoms with E-state index in [0.717, 1.165) is 24.7 Å². The highest BCUT2D eigenvalue weighted by Crippen LogP contribution is 2.35. The van der Waals surface area contributed by atoms with Crippen molar-refractivity contribution in [3.05, 3.63) is 70.4 Å². The second kappa shape index (κ2) is 11.0. The molecule has 0 unspecified atom stereocenters. The number of halogens is 3. The minimum Gasteiger partial charge on any atom is -0.368 e. The number of nitrogens with one attached hydrogen (secondary N) is 1. The SMILES string of the molecule is Cc1ccc(NC(=O)c2ccc(CN3CCN(C)CC3)c(C(F)(F)F)c2)cc1N1Cc2cnc(N)nc2N(C)C1=O. The van der Waals surface area contributed by atoms with E-state index in [4.69, 9.17) is 5.73 Å². The third kappa shape index (κ3) is 5.95. The molecule has 10 nitrogen and oxygen atoms in total. The molecule has 3 aromatic rings. The molecule has 0 aliphatic carbocycles. The van der Waals surface area contributed by atoms with Gasteiger partial charge in [0.2, 0.25) is 5.95 Å². The number of carbonyl (C=O) groups is 2. The number of fused-ring (bicyclic) bond motifs is 1. The molecule has 2 aliphatic heterocycles. The molecule has 1 saturated heterocycles. The van der Waals surface area contributed by atoms with Gasteiger partial charge in [0.25, 0.3) is 5.91 Å². The number of nitrogens with two attached hydrogens (primary N) is 1. The molecule has 3 N–H and O–H groups in total. The summed E-state index contributed by atoms with van der Waals surface area (Å²) in [7, 11) is 3.56. The Morgan fingerprint density at radius 1 is 1.07 bits per heavy atom. The van der Waals surface area contributed by atoms with Gasteiger partial charge in [0.1, 0.15) is 5.82 Å². The van der Waals surface area contributed by atoms with E-state index in [-0.39, 0.29) is 36.2 Å². The van der Waals surface area contributed by atoms with Crippen LogP contribution in [-0.4, -0.2) is 72.0 Å². The maximum Gasteiger partial charge on any atom is 0.416 e. The largest absolute Gasteiger partial charge is 0.416 e. The maximum atomic E-state index is 14.0. The van der Waals surface area contributed by atoms with Crippen LogP contribution in [0.25, 0.3) is 0 Å². The number of urea groups is 1. The van der Waals surface area contributed by atoms with Crippen LogP contribution in [0.1, 0.15) is 32.6 Å². The summed E-state index contributed by atoms with van der Waals surface area (Å²) < 4.78 is 42.1. The van der Waals surface area contributed by atoms with Crippen molar-refractivity contribution in [2.45, 2.75) is 26.2 Å². The predicted molar refractivity (Wildman–Crippen MR) is 150 cm³/mol. The van der Waals surface area contributed by atoms with E-state index in [2.05, 4.69) is 20.2 Å². The third-order valence-electron chi connectivity index (χ3n) is 7.45. The lowest BCUT2D eigenvalue weighted by atomic mass is 10.0. The van der Waals surface area contributed by atoms with Crippen LogP contribution < -0.4 is 20.9 Å². The lowest BCUT2D eigenvalue weighted by molar-refractivity contribution is -0.138. The van der Waals surface area contributed by atoms with E-state index < -0.39 is 17.6 Å². The number of rotatable bonds is 5. The summed E-state index contributed by atoms with van der Waals surface area (Å²) in [6.07, 6.45) is -3.05. The van der Waals surface area contributed by atoms with Gasteiger partial charge in [-0.05, 0) is 49.4 Å². The van der Waals surface area contributed by atoms with Gasteiger partial charge in [0, 0.05) is 62.8 Å². The first kappa shape index (κ1) is 28.3. The Balaban J connectivity index is 1.37. The van der Waals surface area contributed by atoms with E-state index >= 15 is 0 Å². The molecular weight excluding hydrogens is 537 g/mol. The standard InChI is InChI=1S/C28H31F3N8O2/c1-17-4-7-21(13-23(17)39-16-20-14-33-26(32)35-24(20)37(3)27(39)41)34-25(40)18-5-6-19(22(12-18)28(29,30)31)15-38-10-8-36(2)9-11-38/h4-7,12-14H,8-11,15-16H2,1-3H3,(H,34,40)(H2,32,33,35). The van der Waals surface area contributed by atoms with Crippen molar-refractivity contribution in [2.75, 3.05) is 61.1 Å². The fourth-order valence-electron chi connectivity index (χ4n) is 5.06. The Morgan fingerprint density at radius 3 is 2.51 bits per heavy atom. The summed E-state index contributed by atoms with van der Waals surface area (Å²) in [5.74, 6) is -0.219.